The monoisotopic (exact) mass is 447 g/mol. The lowest BCUT2D eigenvalue weighted by molar-refractivity contribution is 0.0696. The van der Waals surface area contributed by atoms with Crippen LogP contribution in [0, 0.1) is 6.92 Å². The molecule has 0 bridgehead atoms. The molecule has 1 saturated heterocycles. The molecule has 1 amide bonds. The van der Waals surface area contributed by atoms with E-state index in [1.807, 2.05) is 4.90 Å². The Balaban J connectivity index is 1.90. The molecule has 0 radical (unpaired) electrons. The van der Waals surface area contributed by atoms with Gasteiger partial charge in [0, 0.05) is 26.2 Å². The molecule has 2 aromatic rings. The third-order valence-corrected chi connectivity index (χ3v) is 6.54. The molecule has 1 fully saturated rings. The highest BCUT2D eigenvalue weighted by molar-refractivity contribution is 7.92. The van der Waals surface area contributed by atoms with Gasteiger partial charge in [0.1, 0.15) is 0 Å². The van der Waals surface area contributed by atoms with E-state index in [2.05, 4.69) is 4.72 Å². The maximum Gasteiger partial charge on any atom is 0.409 e. The molecule has 9 nitrogen and oxygen atoms in total. The van der Waals surface area contributed by atoms with Gasteiger partial charge in [-0.25, -0.2) is 18.0 Å². The number of piperazine rings is 1. The van der Waals surface area contributed by atoms with Gasteiger partial charge in [0.15, 0.2) is 0 Å². The van der Waals surface area contributed by atoms with Gasteiger partial charge < -0.3 is 19.6 Å². The van der Waals surface area contributed by atoms with E-state index in [-0.39, 0.29) is 22.2 Å². The zero-order valence-electron chi connectivity index (χ0n) is 17.4. The Morgan fingerprint density at radius 2 is 1.77 bits per heavy atom. The van der Waals surface area contributed by atoms with Gasteiger partial charge in [-0.05, 0) is 43.7 Å². The summed E-state index contributed by atoms with van der Waals surface area (Å²) in [5, 5.41) is 9.37. The van der Waals surface area contributed by atoms with Crippen LogP contribution < -0.4 is 9.62 Å². The number of rotatable bonds is 6. The molecule has 1 heterocycles. The Hall–Kier alpha value is -3.27. The van der Waals surface area contributed by atoms with Crippen molar-refractivity contribution in [2.24, 2.45) is 0 Å². The van der Waals surface area contributed by atoms with Crippen LogP contribution in [0.3, 0.4) is 0 Å². The molecule has 3 rings (SSSR count). The smallest absolute Gasteiger partial charge is 0.409 e. The Morgan fingerprint density at radius 1 is 1.10 bits per heavy atom. The number of amides is 1. The molecule has 0 spiro atoms. The molecule has 2 N–H and O–H groups in total. The lowest BCUT2D eigenvalue weighted by atomic mass is 10.1. The van der Waals surface area contributed by atoms with Crippen LogP contribution in [0.1, 0.15) is 22.8 Å². The maximum atomic E-state index is 13.0. The number of sulfonamides is 1. The van der Waals surface area contributed by atoms with Crippen LogP contribution in [-0.4, -0.2) is 63.3 Å². The van der Waals surface area contributed by atoms with Crippen molar-refractivity contribution in [3.8, 4) is 0 Å². The number of carboxylic acids is 1. The van der Waals surface area contributed by atoms with E-state index in [0.717, 1.165) is 0 Å². The van der Waals surface area contributed by atoms with Crippen molar-refractivity contribution >= 4 is 33.5 Å². The summed E-state index contributed by atoms with van der Waals surface area (Å²) in [5.74, 6) is -1.16. The minimum Gasteiger partial charge on any atom is -0.478 e. The molecular formula is C21H25N3O6S. The standard InChI is InChI=1S/C21H25N3O6S/c1-3-30-21(27)24-12-10-23(11-13-24)18-9-8-16(20(25)26)14-17(18)22-31(28,29)19-7-5-4-6-15(19)2/h4-9,14,22H,3,10-13H2,1-2H3,(H,25,26). The predicted molar refractivity (Wildman–Crippen MR) is 116 cm³/mol. The average molecular weight is 448 g/mol. The summed E-state index contributed by atoms with van der Waals surface area (Å²) in [5.41, 5.74) is 1.27. The third-order valence-electron chi connectivity index (χ3n) is 5.02. The summed E-state index contributed by atoms with van der Waals surface area (Å²) in [6, 6.07) is 10.9. The van der Waals surface area contributed by atoms with E-state index in [9.17, 15) is 23.1 Å². The second-order valence-electron chi connectivity index (χ2n) is 7.08. The number of carbonyl (C=O) groups is 2. The van der Waals surface area contributed by atoms with E-state index >= 15 is 0 Å². The molecule has 0 aromatic heterocycles. The first-order chi connectivity index (χ1) is 14.7. The van der Waals surface area contributed by atoms with Crippen LogP contribution in [0.5, 0.6) is 0 Å². The van der Waals surface area contributed by atoms with E-state index in [1.54, 1.807) is 43.0 Å². The largest absolute Gasteiger partial charge is 0.478 e. The number of aromatic carboxylic acids is 1. The highest BCUT2D eigenvalue weighted by Gasteiger charge is 2.26. The highest BCUT2D eigenvalue weighted by Crippen LogP contribution is 2.31. The van der Waals surface area contributed by atoms with Crippen LogP contribution in [0.2, 0.25) is 0 Å². The summed E-state index contributed by atoms with van der Waals surface area (Å²) >= 11 is 0. The number of carbonyl (C=O) groups excluding carboxylic acids is 1. The zero-order valence-corrected chi connectivity index (χ0v) is 18.2. The first-order valence-corrected chi connectivity index (χ1v) is 11.3. The molecule has 1 aliphatic heterocycles. The normalized spacial score (nSPS) is 14.3. The zero-order chi connectivity index (χ0) is 22.6. The molecule has 2 aromatic carbocycles. The van der Waals surface area contributed by atoms with Gasteiger partial charge >= 0.3 is 12.1 Å². The van der Waals surface area contributed by atoms with Gasteiger partial charge in [-0.2, -0.15) is 0 Å². The van der Waals surface area contributed by atoms with Gasteiger partial charge in [0.05, 0.1) is 28.4 Å². The van der Waals surface area contributed by atoms with Crippen molar-refractivity contribution in [1.82, 2.24) is 4.90 Å². The molecular weight excluding hydrogens is 422 g/mol. The lowest BCUT2D eigenvalue weighted by Gasteiger charge is -2.36. The van der Waals surface area contributed by atoms with Crippen molar-refractivity contribution in [2.45, 2.75) is 18.7 Å². The molecule has 0 saturated carbocycles. The van der Waals surface area contributed by atoms with Crippen LogP contribution in [0.4, 0.5) is 16.2 Å². The van der Waals surface area contributed by atoms with Crippen LogP contribution in [-0.2, 0) is 14.8 Å². The second kappa shape index (κ2) is 9.25. The molecule has 1 aliphatic rings. The van der Waals surface area contributed by atoms with Crippen LogP contribution in [0.25, 0.3) is 0 Å². The number of anilines is 2. The second-order valence-corrected chi connectivity index (χ2v) is 8.73. The Morgan fingerprint density at radius 3 is 2.39 bits per heavy atom. The third kappa shape index (κ3) is 5.08. The first kappa shape index (κ1) is 22.4. The van der Waals surface area contributed by atoms with E-state index < -0.39 is 16.0 Å². The predicted octanol–water partition coefficient (Wildman–Crippen LogP) is 2.77. The van der Waals surface area contributed by atoms with Crippen molar-refractivity contribution in [3.05, 3.63) is 53.6 Å². The number of benzene rings is 2. The summed E-state index contributed by atoms with van der Waals surface area (Å²) in [7, 11) is -3.93. The molecule has 0 unspecified atom stereocenters. The fourth-order valence-corrected chi connectivity index (χ4v) is 4.74. The highest BCUT2D eigenvalue weighted by atomic mass is 32.2. The number of aryl methyl sites for hydroxylation is 1. The average Bonchev–Trinajstić information content (AvgIpc) is 2.74. The number of nitrogens with one attached hydrogen (secondary N) is 1. The van der Waals surface area contributed by atoms with E-state index in [0.29, 0.717) is 44.0 Å². The quantitative estimate of drug-likeness (QED) is 0.699. The number of ether oxygens (including phenoxy) is 1. The van der Waals surface area contributed by atoms with E-state index in [4.69, 9.17) is 4.74 Å². The number of hydrogen-bond acceptors (Lipinski definition) is 6. The molecule has 166 valence electrons. The van der Waals surface area contributed by atoms with Crippen molar-refractivity contribution < 1.29 is 27.9 Å². The van der Waals surface area contributed by atoms with Gasteiger partial charge in [-0.1, -0.05) is 18.2 Å². The number of hydrogen-bond donors (Lipinski definition) is 2. The molecule has 31 heavy (non-hydrogen) atoms. The SMILES string of the molecule is CCOC(=O)N1CCN(c2ccc(C(=O)O)cc2NS(=O)(=O)c2ccccc2C)CC1. The summed E-state index contributed by atoms with van der Waals surface area (Å²) in [6.07, 6.45) is -0.385. The summed E-state index contributed by atoms with van der Waals surface area (Å²) < 4.78 is 33.6. The number of carboxylic acid groups (broad SMARTS) is 1. The lowest BCUT2D eigenvalue weighted by Crippen LogP contribution is -2.49. The van der Waals surface area contributed by atoms with Crippen molar-refractivity contribution in [3.63, 3.8) is 0 Å². The minimum absolute atomic E-state index is 0.0311. The fourth-order valence-electron chi connectivity index (χ4n) is 3.43. The number of nitrogens with zero attached hydrogens (tertiary/aromatic N) is 2. The van der Waals surface area contributed by atoms with E-state index in [1.165, 1.54) is 18.2 Å². The Bertz CT molecular complexity index is 1080. The minimum atomic E-state index is -3.93. The summed E-state index contributed by atoms with van der Waals surface area (Å²) in [4.78, 5) is 27.0. The molecule has 0 atom stereocenters. The van der Waals surface area contributed by atoms with Gasteiger partial charge in [-0.3, -0.25) is 4.72 Å². The topological polar surface area (TPSA) is 116 Å². The van der Waals surface area contributed by atoms with Gasteiger partial charge in [-0.15, -0.1) is 0 Å². The van der Waals surface area contributed by atoms with Gasteiger partial charge in [0.2, 0.25) is 0 Å². The van der Waals surface area contributed by atoms with Gasteiger partial charge in [0.25, 0.3) is 10.0 Å². The van der Waals surface area contributed by atoms with Crippen LogP contribution in [0.15, 0.2) is 47.4 Å². The Labute approximate surface area is 181 Å². The van der Waals surface area contributed by atoms with Crippen LogP contribution >= 0.6 is 0 Å². The van der Waals surface area contributed by atoms with Crippen molar-refractivity contribution in [2.75, 3.05) is 42.4 Å². The molecule has 0 aliphatic carbocycles. The summed E-state index contributed by atoms with van der Waals surface area (Å²) in [6.45, 7) is 5.44. The maximum absolute atomic E-state index is 13.0. The van der Waals surface area contributed by atoms with Crippen molar-refractivity contribution in [1.29, 1.82) is 0 Å². The Kier molecular flexibility index (Phi) is 6.69. The first-order valence-electron chi connectivity index (χ1n) is 9.85. The molecule has 10 heteroatoms. The fraction of sp³-hybridized carbons (Fsp3) is 0.333.